The van der Waals surface area contributed by atoms with Crippen LogP contribution in [0.2, 0.25) is 5.02 Å². The molecule has 2 N–H and O–H groups in total. The highest BCUT2D eigenvalue weighted by Gasteiger charge is 2.18. The second-order valence-electron chi connectivity index (χ2n) is 4.42. The highest BCUT2D eigenvalue weighted by atomic mass is 35.5. The Kier molecular flexibility index (Phi) is 4.23. The van der Waals surface area contributed by atoms with Crippen molar-refractivity contribution in [3.05, 3.63) is 45.2 Å². The molecule has 0 aliphatic rings. The molecule has 0 unspecified atom stereocenters. The molecular formula is C13H9ClN4O5S. The van der Waals surface area contributed by atoms with Gasteiger partial charge in [0.25, 0.3) is 0 Å². The number of thiazole rings is 1. The smallest absolute Gasteiger partial charge is 0.433 e. The first kappa shape index (κ1) is 16.0. The van der Waals surface area contributed by atoms with Gasteiger partial charge < -0.3 is 9.15 Å². The number of nitrogens with one attached hydrogen (secondary N) is 2. The van der Waals surface area contributed by atoms with Crippen LogP contribution in [0.15, 0.2) is 28.7 Å². The van der Waals surface area contributed by atoms with Gasteiger partial charge in [0.15, 0.2) is 0 Å². The number of nitro groups is 1. The predicted molar refractivity (Wildman–Crippen MR) is 87.6 cm³/mol. The van der Waals surface area contributed by atoms with Gasteiger partial charge in [0, 0.05) is 0 Å². The molecule has 24 heavy (non-hydrogen) atoms. The Hall–Kier alpha value is -2.85. The summed E-state index contributed by atoms with van der Waals surface area (Å²) in [5.74, 6) is -0.852. The molecule has 0 atom stereocenters. The summed E-state index contributed by atoms with van der Waals surface area (Å²) in [5.41, 5.74) is 5.51. The second kappa shape index (κ2) is 6.34. The number of aromatic nitrogens is 1. The summed E-state index contributed by atoms with van der Waals surface area (Å²) in [4.78, 5) is 26.0. The minimum absolute atomic E-state index is 0.203. The van der Waals surface area contributed by atoms with Gasteiger partial charge in [-0.3, -0.25) is 25.8 Å². The molecule has 0 radical (unpaired) electrons. The van der Waals surface area contributed by atoms with Crippen molar-refractivity contribution in [2.24, 2.45) is 0 Å². The van der Waals surface area contributed by atoms with Crippen LogP contribution in [0.1, 0.15) is 10.6 Å². The van der Waals surface area contributed by atoms with Crippen molar-refractivity contribution >= 4 is 50.1 Å². The van der Waals surface area contributed by atoms with Crippen LogP contribution in [0.25, 0.3) is 10.2 Å². The zero-order valence-corrected chi connectivity index (χ0v) is 13.6. The number of benzene rings is 1. The van der Waals surface area contributed by atoms with Crippen LogP contribution in [0.4, 0.5) is 11.0 Å². The summed E-state index contributed by atoms with van der Waals surface area (Å²) in [6, 6.07) is 5.67. The molecule has 2 heterocycles. The zero-order chi connectivity index (χ0) is 17.3. The Labute approximate surface area is 143 Å². The predicted octanol–water partition coefficient (Wildman–Crippen LogP) is 3.22. The summed E-state index contributed by atoms with van der Waals surface area (Å²) >= 11 is 7.32. The Morgan fingerprint density at radius 3 is 2.88 bits per heavy atom. The summed E-state index contributed by atoms with van der Waals surface area (Å²) in [6.45, 7) is 0. The molecule has 3 aromatic rings. The SMILES string of the molecule is COc1ccc(Cl)c2sc(NNC(=O)c3ccc([N+](=O)[O-])o3)nc12. The van der Waals surface area contributed by atoms with Crippen molar-refractivity contribution < 1.29 is 18.9 Å². The summed E-state index contributed by atoms with van der Waals surface area (Å²) < 4.78 is 10.7. The van der Waals surface area contributed by atoms with Gasteiger partial charge >= 0.3 is 11.8 Å². The normalized spacial score (nSPS) is 10.6. The number of hydrogen-bond acceptors (Lipinski definition) is 8. The van der Waals surface area contributed by atoms with E-state index in [0.29, 0.717) is 26.1 Å². The van der Waals surface area contributed by atoms with E-state index < -0.39 is 16.7 Å². The first-order valence-corrected chi connectivity index (χ1v) is 7.62. The van der Waals surface area contributed by atoms with E-state index in [0.717, 1.165) is 6.07 Å². The van der Waals surface area contributed by atoms with Gasteiger partial charge in [0.1, 0.15) is 16.2 Å². The molecule has 9 nitrogen and oxygen atoms in total. The fourth-order valence-electron chi connectivity index (χ4n) is 1.89. The van der Waals surface area contributed by atoms with Crippen molar-refractivity contribution in [1.29, 1.82) is 0 Å². The third-order valence-electron chi connectivity index (χ3n) is 2.96. The first-order chi connectivity index (χ1) is 11.5. The lowest BCUT2D eigenvalue weighted by Gasteiger charge is -2.02. The number of nitrogens with zero attached hydrogens (tertiary/aromatic N) is 2. The highest BCUT2D eigenvalue weighted by Crippen LogP contribution is 2.37. The van der Waals surface area contributed by atoms with Gasteiger partial charge in [-0.15, -0.1) is 0 Å². The van der Waals surface area contributed by atoms with E-state index in [1.807, 2.05) is 0 Å². The quantitative estimate of drug-likeness (QED) is 0.524. The number of halogens is 1. The maximum Gasteiger partial charge on any atom is 0.433 e. The number of amides is 1. The number of anilines is 1. The van der Waals surface area contributed by atoms with Crippen LogP contribution in [0, 0.1) is 10.1 Å². The molecule has 0 bridgehead atoms. The van der Waals surface area contributed by atoms with E-state index in [-0.39, 0.29) is 5.76 Å². The van der Waals surface area contributed by atoms with Crippen molar-refractivity contribution in [3.63, 3.8) is 0 Å². The molecule has 0 fully saturated rings. The molecule has 1 aromatic carbocycles. The average molecular weight is 369 g/mol. The third-order valence-corrected chi connectivity index (χ3v) is 4.39. The number of ether oxygens (including phenoxy) is 1. The number of hydrogen-bond donors (Lipinski definition) is 2. The van der Waals surface area contributed by atoms with Crippen LogP contribution in [0.3, 0.4) is 0 Å². The van der Waals surface area contributed by atoms with Gasteiger partial charge in [-0.05, 0) is 18.2 Å². The van der Waals surface area contributed by atoms with Crippen molar-refractivity contribution in [1.82, 2.24) is 10.4 Å². The molecule has 0 saturated carbocycles. The molecule has 124 valence electrons. The van der Waals surface area contributed by atoms with Crippen molar-refractivity contribution in [2.75, 3.05) is 12.5 Å². The lowest BCUT2D eigenvalue weighted by atomic mass is 10.3. The second-order valence-corrected chi connectivity index (χ2v) is 5.83. The molecule has 0 spiro atoms. The van der Waals surface area contributed by atoms with Crippen LogP contribution in [0.5, 0.6) is 5.75 Å². The summed E-state index contributed by atoms with van der Waals surface area (Å²) in [7, 11) is 1.51. The van der Waals surface area contributed by atoms with E-state index >= 15 is 0 Å². The number of furan rings is 1. The minimum Gasteiger partial charge on any atom is -0.494 e. The average Bonchev–Trinajstić information content (AvgIpc) is 3.20. The highest BCUT2D eigenvalue weighted by molar-refractivity contribution is 7.22. The van der Waals surface area contributed by atoms with Crippen molar-refractivity contribution in [3.8, 4) is 5.75 Å². The maximum atomic E-state index is 11.9. The maximum absolute atomic E-state index is 11.9. The fourth-order valence-corrected chi connectivity index (χ4v) is 3.00. The largest absolute Gasteiger partial charge is 0.494 e. The molecule has 0 aliphatic carbocycles. The van der Waals surface area contributed by atoms with E-state index in [1.54, 1.807) is 12.1 Å². The number of carbonyl (C=O) groups excluding carboxylic acids is 1. The van der Waals surface area contributed by atoms with E-state index in [2.05, 4.69) is 15.8 Å². The van der Waals surface area contributed by atoms with E-state index in [9.17, 15) is 14.9 Å². The van der Waals surface area contributed by atoms with Gasteiger partial charge in [-0.25, -0.2) is 4.98 Å². The monoisotopic (exact) mass is 368 g/mol. The Bertz CT molecular complexity index is 938. The van der Waals surface area contributed by atoms with Crippen molar-refractivity contribution in [2.45, 2.75) is 0 Å². The number of hydrazine groups is 1. The number of methoxy groups -OCH3 is 1. The Balaban J connectivity index is 1.76. The molecule has 2 aromatic heterocycles. The summed E-state index contributed by atoms with van der Waals surface area (Å²) in [6.07, 6.45) is 0. The standard InChI is InChI=1S/C13H9ClN4O5S/c1-22-7-3-2-6(14)11-10(7)15-13(24-11)17-16-12(19)8-4-5-9(23-8)18(20)21/h2-5H,1H3,(H,15,17)(H,16,19). The summed E-state index contributed by atoms with van der Waals surface area (Å²) in [5, 5.41) is 11.4. The molecule has 1 amide bonds. The number of rotatable bonds is 5. The molecule has 0 saturated heterocycles. The molecule has 0 aliphatic heterocycles. The minimum atomic E-state index is -0.730. The van der Waals surface area contributed by atoms with Crippen LogP contribution in [-0.4, -0.2) is 22.9 Å². The van der Waals surface area contributed by atoms with Crippen LogP contribution in [-0.2, 0) is 0 Å². The first-order valence-electron chi connectivity index (χ1n) is 6.43. The fraction of sp³-hybridized carbons (Fsp3) is 0.0769. The van der Waals surface area contributed by atoms with E-state index in [1.165, 1.54) is 24.5 Å². The van der Waals surface area contributed by atoms with Crippen LogP contribution < -0.4 is 15.6 Å². The lowest BCUT2D eigenvalue weighted by Crippen LogP contribution is -2.28. The molecule has 3 rings (SSSR count). The van der Waals surface area contributed by atoms with E-state index in [4.69, 9.17) is 20.8 Å². The molecular weight excluding hydrogens is 360 g/mol. The Morgan fingerprint density at radius 1 is 1.42 bits per heavy atom. The van der Waals surface area contributed by atoms with Gasteiger partial charge in [-0.2, -0.15) is 0 Å². The third kappa shape index (κ3) is 2.96. The molecule has 11 heteroatoms. The van der Waals surface area contributed by atoms with Gasteiger partial charge in [0.2, 0.25) is 10.9 Å². The number of carbonyl (C=O) groups is 1. The number of fused-ring (bicyclic) bond motifs is 1. The van der Waals surface area contributed by atoms with Crippen LogP contribution >= 0.6 is 22.9 Å². The topological polar surface area (TPSA) is 120 Å². The van der Waals surface area contributed by atoms with Gasteiger partial charge in [0.05, 0.1) is 22.9 Å². The Morgan fingerprint density at radius 2 is 2.21 bits per heavy atom. The van der Waals surface area contributed by atoms with Gasteiger partial charge in [-0.1, -0.05) is 22.9 Å². The zero-order valence-electron chi connectivity index (χ0n) is 12.0. The lowest BCUT2D eigenvalue weighted by molar-refractivity contribution is -0.402.